The van der Waals surface area contributed by atoms with Crippen LogP contribution in [0.4, 0.5) is 0 Å². The summed E-state index contributed by atoms with van der Waals surface area (Å²) < 4.78 is 18.3. The molecule has 8 nitrogen and oxygen atoms in total. The monoisotopic (exact) mass is 542 g/mol. The quantitative estimate of drug-likeness (QED) is 0.358. The number of aromatic hydroxyl groups is 1. The van der Waals surface area contributed by atoms with Gasteiger partial charge in [0.15, 0.2) is 16.3 Å². The molecule has 0 radical (unpaired) electrons. The highest BCUT2D eigenvalue weighted by molar-refractivity contribution is 7.07. The maximum absolute atomic E-state index is 14.0. The number of methoxy groups -OCH3 is 2. The topological polar surface area (TPSA) is 99.4 Å². The Morgan fingerprint density at radius 2 is 1.74 bits per heavy atom. The zero-order chi connectivity index (χ0) is 27.5. The van der Waals surface area contributed by atoms with E-state index in [1.807, 2.05) is 48.5 Å². The molecule has 0 aliphatic carbocycles. The number of hydrogen-bond acceptors (Lipinski definition) is 8. The number of fused-ring (bicyclic) bond motifs is 1. The molecule has 5 rings (SSSR count). The molecule has 0 fully saturated rings. The SMILES string of the molecule is CCOC(=O)C1=C(c2ccccc2)N=c2s/c(=C/c3ccc(O)c(OC)c3)c(=O)n2[C@@H]1c1ccccc1OC. The third-order valence-corrected chi connectivity index (χ3v) is 7.29. The summed E-state index contributed by atoms with van der Waals surface area (Å²) in [4.78, 5) is 32.8. The number of nitrogens with zero attached hydrogens (tertiary/aromatic N) is 2. The summed E-state index contributed by atoms with van der Waals surface area (Å²) in [6.07, 6.45) is 1.71. The summed E-state index contributed by atoms with van der Waals surface area (Å²) in [5.74, 6) is 0.253. The van der Waals surface area contributed by atoms with Gasteiger partial charge in [0.2, 0.25) is 0 Å². The first kappa shape index (κ1) is 26.0. The molecule has 1 aromatic heterocycles. The van der Waals surface area contributed by atoms with Gasteiger partial charge in [0.25, 0.3) is 5.56 Å². The summed E-state index contributed by atoms with van der Waals surface area (Å²) in [5.41, 5.74) is 2.38. The number of carbonyl (C=O) groups excluding carboxylic acids is 1. The van der Waals surface area contributed by atoms with E-state index in [1.54, 1.807) is 38.3 Å². The number of esters is 1. The van der Waals surface area contributed by atoms with E-state index < -0.39 is 12.0 Å². The fourth-order valence-electron chi connectivity index (χ4n) is 4.56. The highest BCUT2D eigenvalue weighted by Crippen LogP contribution is 2.38. The first-order valence-corrected chi connectivity index (χ1v) is 13.1. The van der Waals surface area contributed by atoms with Gasteiger partial charge in [-0.3, -0.25) is 9.36 Å². The summed E-state index contributed by atoms with van der Waals surface area (Å²) in [5, 5.41) is 9.98. The average Bonchev–Trinajstić information content (AvgIpc) is 3.27. The Kier molecular flexibility index (Phi) is 7.33. The molecule has 1 N–H and O–H groups in total. The minimum absolute atomic E-state index is 0.00105. The largest absolute Gasteiger partial charge is 0.504 e. The van der Waals surface area contributed by atoms with Crippen molar-refractivity contribution in [3.63, 3.8) is 0 Å². The van der Waals surface area contributed by atoms with Gasteiger partial charge in [0.1, 0.15) is 11.8 Å². The van der Waals surface area contributed by atoms with Crippen LogP contribution in [0.1, 0.15) is 29.7 Å². The van der Waals surface area contributed by atoms with E-state index in [9.17, 15) is 14.7 Å². The zero-order valence-corrected chi connectivity index (χ0v) is 22.4. The Balaban J connectivity index is 1.84. The Bertz CT molecular complexity index is 1750. The van der Waals surface area contributed by atoms with Crippen LogP contribution in [0, 0.1) is 0 Å². The van der Waals surface area contributed by atoms with Crippen molar-refractivity contribution in [2.45, 2.75) is 13.0 Å². The minimum Gasteiger partial charge on any atom is -0.504 e. The molecule has 0 bridgehead atoms. The lowest BCUT2D eigenvalue weighted by Crippen LogP contribution is -2.40. The number of phenolic OH excluding ortho intramolecular Hbond substituents is 1. The van der Waals surface area contributed by atoms with Crippen molar-refractivity contribution in [2.75, 3.05) is 20.8 Å². The van der Waals surface area contributed by atoms with Gasteiger partial charge in [0.05, 0.1) is 36.6 Å². The van der Waals surface area contributed by atoms with Gasteiger partial charge >= 0.3 is 5.97 Å². The first-order chi connectivity index (χ1) is 19.0. The van der Waals surface area contributed by atoms with E-state index in [2.05, 4.69) is 0 Å². The molecular formula is C30H26N2O6S. The number of benzene rings is 3. The van der Waals surface area contributed by atoms with Crippen molar-refractivity contribution in [3.8, 4) is 17.2 Å². The van der Waals surface area contributed by atoms with Crippen LogP contribution >= 0.6 is 11.3 Å². The Morgan fingerprint density at radius 3 is 2.46 bits per heavy atom. The predicted molar refractivity (Wildman–Crippen MR) is 149 cm³/mol. The lowest BCUT2D eigenvalue weighted by molar-refractivity contribution is -0.138. The molecular weight excluding hydrogens is 516 g/mol. The zero-order valence-electron chi connectivity index (χ0n) is 21.6. The lowest BCUT2D eigenvalue weighted by atomic mass is 9.92. The van der Waals surface area contributed by atoms with Gasteiger partial charge in [-0.15, -0.1) is 0 Å². The van der Waals surface area contributed by atoms with Crippen molar-refractivity contribution in [3.05, 3.63) is 115 Å². The Morgan fingerprint density at radius 1 is 1.03 bits per heavy atom. The van der Waals surface area contributed by atoms with E-state index in [0.29, 0.717) is 37.7 Å². The molecule has 1 atom stereocenters. The second-order valence-electron chi connectivity index (χ2n) is 8.60. The summed E-state index contributed by atoms with van der Waals surface area (Å²) in [6.45, 7) is 1.90. The molecule has 0 saturated heterocycles. The number of rotatable bonds is 7. The smallest absolute Gasteiger partial charge is 0.338 e. The van der Waals surface area contributed by atoms with Gasteiger partial charge in [-0.05, 0) is 36.8 Å². The van der Waals surface area contributed by atoms with E-state index in [0.717, 1.165) is 5.56 Å². The van der Waals surface area contributed by atoms with Gasteiger partial charge in [-0.1, -0.05) is 65.9 Å². The van der Waals surface area contributed by atoms with Gasteiger partial charge < -0.3 is 19.3 Å². The molecule has 9 heteroatoms. The molecule has 0 amide bonds. The van der Waals surface area contributed by atoms with Crippen LogP contribution in [-0.4, -0.2) is 36.5 Å². The third-order valence-electron chi connectivity index (χ3n) is 6.31. The fraction of sp³-hybridized carbons (Fsp3) is 0.167. The number of carbonyl (C=O) groups is 1. The highest BCUT2D eigenvalue weighted by atomic mass is 32.1. The van der Waals surface area contributed by atoms with Crippen LogP contribution in [0.15, 0.2) is 88.2 Å². The molecule has 0 spiro atoms. The van der Waals surface area contributed by atoms with Crippen LogP contribution in [-0.2, 0) is 9.53 Å². The molecule has 1 aliphatic heterocycles. The predicted octanol–water partition coefficient (Wildman–Crippen LogP) is 3.66. The average molecular weight is 543 g/mol. The van der Waals surface area contributed by atoms with Crippen LogP contribution in [0.25, 0.3) is 11.8 Å². The maximum atomic E-state index is 14.0. The number of aromatic nitrogens is 1. The Labute approximate surface area is 228 Å². The lowest BCUT2D eigenvalue weighted by Gasteiger charge is -2.27. The van der Waals surface area contributed by atoms with Crippen molar-refractivity contribution in [2.24, 2.45) is 4.99 Å². The van der Waals surface area contributed by atoms with Crippen LogP contribution in [0.5, 0.6) is 17.2 Å². The number of thiazole rings is 1. The molecule has 2 heterocycles. The number of ether oxygens (including phenoxy) is 3. The van der Waals surface area contributed by atoms with Crippen molar-refractivity contribution < 1.29 is 24.1 Å². The van der Waals surface area contributed by atoms with E-state index >= 15 is 0 Å². The van der Waals surface area contributed by atoms with E-state index in [-0.39, 0.29) is 23.5 Å². The Hall–Kier alpha value is -4.63. The summed E-state index contributed by atoms with van der Waals surface area (Å²) >= 11 is 1.21. The van der Waals surface area contributed by atoms with Crippen molar-refractivity contribution in [1.82, 2.24) is 4.57 Å². The van der Waals surface area contributed by atoms with Gasteiger partial charge in [-0.25, -0.2) is 9.79 Å². The van der Waals surface area contributed by atoms with Crippen LogP contribution in [0.3, 0.4) is 0 Å². The molecule has 1 aliphatic rings. The third kappa shape index (κ3) is 4.84. The molecule has 3 aromatic carbocycles. The first-order valence-electron chi connectivity index (χ1n) is 12.2. The van der Waals surface area contributed by atoms with Crippen LogP contribution < -0.4 is 24.4 Å². The molecule has 0 unspecified atom stereocenters. The number of hydrogen-bond donors (Lipinski definition) is 1. The summed E-state index contributed by atoms with van der Waals surface area (Å²) in [6, 6.07) is 20.6. The second kappa shape index (κ2) is 11.0. The number of para-hydroxylation sites is 1. The molecule has 4 aromatic rings. The maximum Gasteiger partial charge on any atom is 0.338 e. The standard InChI is InChI=1S/C30H26N2O6S/c1-4-38-29(35)25-26(19-10-6-5-7-11-19)31-30-32(27(25)20-12-8-9-13-22(20)36-2)28(34)24(39-30)17-18-14-15-21(33)23(16-18)37-3/h5-17,27,33H,4H2,1-3H3/b24-17+/t27-/m1/s1. The van der Waals surface area contributed by atoms with Crippen molar-refractivity contribution in [1.29, 1.82) is 0 Å². The molecule has 0 saturated carbocycles. The van der Waals surface area contributed by atoms with E-state index in [1.165, 1.54) is 29.1 Å². The molecule has 198 valence electrons. The fourth-order valence-corrected chi connectivity index (χ4v) is 5.56. The number of phenols is 1. The summed E-state index contributed by atoms with van der Waals surface area (Å²) in [7, 11) is 3.01. The second-order valence-corrected chi connectivity index (χ2v) is 9.61. The van der Waals surface area contributed by atoms with Crippen molar-refractivity contribution >= 4 is 29.1 Å². The van der Waals surface area contributed by atoms with E-state index in [4.69, 9.17) is 19.2 Å². The normalized spacial score (nSPS) is 14.9. The minimum atomic E-state index is -0.844. The highest BCUT2D eigenvalue weighted by Gasteiger charge is 2.36. The molecule has 39 heavy (non-hydrogen) atoms. The van der Waals surface area contributed by atoms with Gasteiger partial charge in [0, 0.05) is 11.1 Å². The van der Waals surface area contributed by atoms with Crippen LogP contribution in [0.2, 0.25) is 0 Å². The van der Waals surface area contributed by atoms with Gasteiger partial charge in [-0.2, -0.15) is 0 Å².